The first-order chi connectivity index (χ1) is 15.1. The van der Waals surface area contributed by atoms with Crippen molar-refractivity contribution in [3.8, 4) is 11.1 Å². The summed E-state index contributed by atoms with van der Waals surface area (Å²) in [6.45, 7) is 1.36. The fraction of sp³-hybridized carbons (Fsp3) is 0.292. The van der Waals surface area contributed by atoms with Crippen molar-refractivity contribution in [2.75, 3.05) is 13.2 Å². The molecule has 7 nitrogen and oxygen atoms in total. The number of carboxylic acid groups (broad SMARTS) is 1. The lowest BCUT2D eigenvalue weighted by molar-refractivity contribution is 0.0683. The van der Waals surface area contributed by atoms with Crippen molar-refractivity contribution in [1.29, 1.82) is 0 Å². The monoisotopic (exact) mass is 417 g/mol. The van der Waals surface area contributed by atoms with E-state index in [4.69, 9.17) is 4.74 Å². The van der Waals surface area contributed by atoms with Gasteiger partial charge in [0, 0.05) is 25.4 Å². The molecule has 2 N–H and O–H groups in total. The highest BCUT2D eigenvalue weighted by Gasteiger charge is 2.29. The summed E-state index contributed by atoms with van der Waals surface area (Å²) in [6.07, 6.45) is 2.39. The van der Waals surface area contributed by atoms with E-state index in [9.17, 15) is 14.7 Å². The summed E-state index contributed by atoms with van der Waals surface area (Å²) in [7, 11) is 0. The molecule has 0 radical (unpaired) electrons. The van der Waals surface area contributed by atoms with Crippen molar-refractivity contribution in [1.82, 2.24) is 14.9 Å². The molecule has 31 heavy (non-hydrogen) atoms. The lowest BCUT2D eigenvalue weighted by Crippen LogP contribution is -2.34. The van der Waals surface area contributed by atoms with Crippen molar-refractivity contribution in [3.05, 3.63) is 77.4 Å². The van der Waals surface area contributed by atoms with Crippen molar-refractivity contribution >= 4 is 12.1 Å². The molecule has 1 atom stereocenters. The average Bonchev–Trinajstić information content (AvgIpc) is 3.35. The first kappa shape index (κ1) is 19.4. The molecule has 2 aliphatic rings. The van der Waals surface area contributed by atoms with Gasteiger partial charge in [-0.15, -0.1) is 0 Å². The maximum Gasteiger partial charge on any atom is 0.407 e. The maximum atomic E-state index is 12.4. The number of aromatic carboxylic acids is 1. The summed E-state index contributed by atoms with van der Waals surface area (Å²) in [5.41, 5.74) is 4.99. The Morgan fingerprint density at radius 1 is 1.10 bits per heavy atom. The van der Waals surface area contributed by atoms with Crippen molar-refractivity contribution in [3.63, 3.8) is 0 Å². The van der Waals surface area contributed by atoms with Crippen molar-refractivity contribution in [2.45, 2.75) is 25.3 Å². The number of hydrogen-bond donors (Lipinski definition) is 2. The van der Waals surface area contributed by atoms with E-state index >= 15 is 0 Å². The van der Waals surface area contributed by atoms with Gasteiger partial charge in [-0.25, -0.2) is 14.6 Å². The van der Waals surface area contributed by atoms with Crippen LogP contribution < -0.4 is 5.32 Å². The van der Waals surface area contributed by atoms with Gasteiger partial charge in [-0.2, -0.15) is 0 Å². The first-order valence-corrected chi connectivity index (χ1v) is 10.5. The largest absolute Gasteiger partial charge is 0.477 e. The molecule has 158 valence electrons. The van der Waals surface area contributed by atoms with E-state index in [0.29, 0.717) is 19.5 Å². The first-order valence-electron chi connectivity index (χ1n) is 10.5. The highest BCUT2D eigenvalue weighted by atomic mass is 16.5. The number of imidazole rings is 1. The van der Waals surface area contributed by atoms with Gasteiger partial charge in [-0.05, 0) is 34.6 Å². The second-order valence-electron chi connectivity index (χ2n) is 8.08. The van der Waals surface area contributed by atoms with Crippen LogP contribution in [0.2, 0.25) is 0 Å². The van der Waals surface area contributed by atoms with E-state index in [1.165, 1.54) is 28.5 Å². The molecule has 7 heteroatoms. The topological polar surface area (TPSA) is 93.5 Å². The predicted octanol–water partition coefficient (Wildman–Crippen LogP) is 3.68. The number of alkyl carbamates (subject to hydrolysis) is 1. The number of nitrogens with one attached hydrogen (secondary N) is 1. The van der Waals surface area contributed by atoms with Crippen molar-refractivity contribution in [2.24, 2.45) is 5.92 Å². The molecule has 0 saturated carbocycles. The Labute approximate surface area is 179 Å². The van der Waals surface area contributed by atoms with E-state index in [1.807, 2.05) is 24.3 Å². The molecule has 1 aliphatic heterocycles. The average molecular weight is 417 g/mol. The molecule has 5 rings (SSSR count). The van der Waals surface area contributed by atoms with E-state index in [1.54, 1.807) is 4.57 Å². The van der Waals surface area contributed by atoms with E-state index in [0.717, 1.165) is 12.2 Å². The Morgan fingerprint density at radius 2 is 1.77 bits per heavy atom. The molecule has 1 aliphatic carbocycles. The second-order valence-corrected chi connectivity index (χ2v) is 8.08. The van der Waals surface area contributed by atoms with E-state index in [-0.39, 0.29) is 24.1 Å². The number of benzene rings is 2. The quantitative estimate of drug-likeness (QED) is 0.661. The highest BCUT2D eigenvalue weighted by molar-refractivity contribution is 5.85. The lowest BCUT2D eigenvalue weighted by Gasteiger charge is -2.24. The van der Waals surface area contributed by atoms with Gasteiger partial charge in [-0.1, -0.05) is 48.5 Å². The van der Waals surface area contributed by atoms with Crippen LogP contribution in [-0.2, 0) is 17.7 Å². The number of carboxylic acids is 1. The fourth-order valence-electron chi connectivity index (χ4n) is 4.72. The van der Waals surface area contributed by atoms with Crippen molar-refractivity contribution < 1.29 is 19.4 Å². The summed E-state index contributed by atoms with van der Waals surface area (Å²) >= 11 is 0. The summed E-state index contributed by atoms with van der Waals surface area (Å²) in [4.78, 5) is 27.8. The standard InChI is InChI=1S/C24H23N3O4/c28-23(29)21-13-25-22-11-15(9-10-27(21)22)12-26-24(30)31-14-20-18-7-3-1-5-16(18)17-6-2-4-8-19(17)20/h1-8,13,15,20H,9-12,14H2,(H,26,30)(H,28,29). The molecule has 0 bridgehead atoms. The van der Waals surface area contributed by atoms with Crippen LogP contribution in [0.5, 0.6) is 0 Å². The van der Waals surface area contributed by atoms with Crippen LogP contribution in [0, 0.1) is 5.92 Å². The van der Waals surface area contributed by atoms with Crippen LogP contribution in [0.4, 0.5) is 4.79 Å². The van der Waals surface area contributed by atoms with Crippen LogP contribution in [0.1, 0.15) is 39.8 Å². The zero-order chi connectivity index (χ0) is 21.4. The minimum atomic E-state index is -0.964. The molecular weight excluding hydrogens is 394 g/mol. The number of fused-ring (bicyclic) bond motifs is 4. The van der Waals surface area contributed by atoms with Crippen LogP contribution in [0.15, 0.2) is 54.7 Å². The number of nitrogens with zero attached hydrogens (tertiary/aromatic N) is 2. The third-order valence-corrected chi connectivity index (χ3v) is 6.27. The highest BCUT2D eigenvalue weighted by Crippen LogP contribution is 2.44. The molecule has 0 fully saturated rings. The molecule has 2 heterocycles. The molecular formula is C24H23N3O4. The SMILES string of the molecule is O=C(NCC1CCn2c(C(=O)O)cnc2C1)OCC1c2ccccc2-c2ccccc21. The zero-order valence-corrected chi connectivity index (χ0v) is 17.0. The zero-order valence-electron chi connectivity index (χ0n) is 17.0. The summed E-state index contributed by atoms with van der Waals surface area (Å²) in [5, 5.41) is 12.1. The van der Waals surface area contributed by atoms with Gasteiger partial charge in [0.25, 0.3) is 0 Å². The van der Waals surface area contributed by atoms with Crippen LogP contribution in [-0.4, -0.2) is 39.9 Å². The number of amides is 1. The number of rotatable bonds is 5. The summed E-state index contributed by atoms with van der Waals surface area (Å²) in [5.74, 6) is 0.0312. The third kappa shape index (κ3) is 3.56. The number of carbonyl (C=O) groups excluding carboxylic acids is 1. The fourth-order valence-corrected chi connectivity index (χ4v) is 4.72. The van der Waals surface area contributed by atoms with Crippen LogP contribution in [0.25, 0.3) is 11.1 Å². The van der Waals surface area contributed by atoms with Gasteiger partial charge in [0.2, 0.25) is 0 Å². The molecule has 2 aromatic carbocycles. The predicted molar refractivity (Wildman–Crippen MR) is 114 cm³/mol. The smallest absolute Gasteiger partial charge is 0.407 e. The van der Waals surface area contributed by atoms with E-state index in [2.05, 4.69) is 34.6 Å². The van der Waals surface area contributed by atoms with Gasteiger partial charge in [-0.3, -0.25) is 0 Å². The minimum Gasteiger partial charge on any atom is -0.477 e. The molecule has 0 saturated heterocycles. The van der Waals surface area contributed by atoms with Gasteiger partial charge >= 0.3 is 12.1 Å². The summed E-state index contributed by atoms with van der Waals surface area (Å²) in [6, 6.07) is 16.5. The Hall–Kier alpha value is -3.61. The molecule has 1 aromatic heterocycles. The minimum absolute atomic E-state index is 0.0368. The Balaban J connectivity index is 1.17. The molecule has 3 aromatic rings. The van der Waals surface area contributed by atoms with Crippen LogP contribution >= 0.6 is 0 Å². The maximum absolute atomic E-state index is 12.4. The Morgan fingerprint density at radius 3 is 2.45 bits per heavy atom. The summed E-state index contributed by atoms with van der Waals surface area (Å²) < 4.78 is 7.33. The van der Waals surface area contributed by atoms with E-state index < -0.39 is 12.1 Å². The Kier molecular flexibility index (Phi) is 4.94. The number of carbonyl (C=O) groups is 2. The van der Waals surface area contributed by atoms with Gasteiger partial charge in [0.05, 0.1) is 6.20 Å². The Bertz CT molecular complexity index is 1110. The normalized spacial score (nSPS) is 16.8. The third-order valence-electron chi connectivity index (χ3n) is 6.27. The number of hydrogen-bond acceptors (Lipinski definition) is 4. The van der Waals surface area contributed by atoms with Gasteiger partial charge < -0.3 is 19.7 Å². The van der Waals surface area contributed by atoms with Gasteiger partial charge in [0.15, 0.2) is 0 Å². The number of ether oxygens (including phenoxy) is 1. The lowest BCUT2D eigenvalue weighted by atomic mass is 9.97. The second kappa shape index (κ2) is 7.91. The molecule has 1 unspecified atom stereocenters. The van der Waals surface area contributed by atoms with Gasteiger partial charge in [0.1, 0.15) is 18.1 Å². The molecule has 1 amide bonds. The van der Waals surface area contributed by atoms with Crippen LogP contribution in [0.3, 0.4) is 0 Å². The number of aromatic nitrogens is 2. The molecule has 0 spiro atoms.